The first-order chi connectivity index (χ1) is 14.4. The van der Waals surface area contributed by atoms with E-state index in [1.165, 1.54) is 12.1 Å². The third kappa shape index (κ3) is 3.81. The van der Waals surface area contributed by atoms with Crippen LogP contribution in [-0.2, 0) is 0 Å². The van der Waals surface area contributed by atoms with Gasteiger partial charge in [0.1, 0.15) is 11.5 Å². The molecule has 3 aromatic rings. The Morgan fingerprint density at radius 2 is 1.50 bits per heavy atom. The highest BCUT2D eigenvalue weighted by Crippen LogP contribution is 2.27. The Morgan fingerprint density at radius 1 is 0.900 bits per heavy atom. The second-order valence-electron chi connectivity index (χ2n) is 6.44. The average Bonchev–Trinajstić information content (AvgIpc) is 2.99. The van der Waals surface area contributed by atoms with E-state index < -0.39 is 16.7 Å². The van der Waals surface area contributed by atoms with Gasteiger partial charge in [0.2, 0.25) is 0 Å². The molecule has 9 heteroatoms. The molecule has 0 spiro atoms. The van der Waals surface area contributed by atoms with Crippen molar-refractivity contribution in [2.24, 2.45) is 0 Å². The van der Waals surface area contributed by atoms with Gasteiger partial charge in [0.05, 0.1) is 22.7 Å². The lowest BCUT2D eigenvalue weighted by atomic mass is 10.1. The van der Waals surface area contributed by atoms with E-state index in [0.717, 1.165) is 11.0 Å². The number of rotatable bonds is 6. The zero-order chi connectivity index (χ0) is 21.3. The van der Waals surface area contributed by atoms with Crippen molar-refractivity contribution in [3.8, 4) is 11.5 Å². The molecule has 0 bridgehead atoms. The molecule has 0 aromatic heterocycles. The van der Waals surface area contributed by atoms with Gasteiger partial charge in [0.25, 0.3) is 17.5 Å². The molecule has 1 aliphatic rings. The minimum atomic E-state index is -0.605. The first kappa shape index (κ1) is 19.4. The fourth-order valence-electron chi connectivity index (χ4n) is 2.99. The third-order valence-electron chi connectivity index (χ3n) is 4.51. The fourth-order valence-corrected chi connectivity index (χ4v) is 3.11. The smallest absolute Gasteiger partial charge is 0.270 e. The first-order valence-electron chi connectivity index (χ1n) is 8.84. The van der Waals surface area contributed by atoms with E-state index in [0.29, 0.717) is 22.2 Å². The highest BCUT2D eigenvalue weighted by molar-refractivity contribution is 6.30. The van der Waals surface area contributed by atoms with Crippen molar-refractivity contribution in [2.75, 3.05) is 12.0 Å². The maximum Gasteiger partial charge on any atom is 0.270 e. The van der Waals surface area contributed by atoms with Crippen LogP contribution in [0.1, 0.15) is 20.7 Å². The lowest BCUT2D eigenvalue weighted by Gasteiger charge is -2.16. The Labute approximate surface area is 175 Å². The maximum absolute atomic E-state index is 12.5. The predicted molar refractivity (Wildman–Crippen MR) is 110 cm³/mol. The van der Waals surface area contributed by atoms with Crippen LogP contribution in [0.2, 0.25) is 5.02 Å². The van der Waals surface area contributed by atoms with Gasteiger partial charge in [-0.1, -0.05) is 11.6 Å². The number of nitrogens with one attached hydrogen (secondary N) is 1. The maximum atomic E-state index is 12.5. The highest BCUT2D eigenvalue weighted by Gasteiger charge is 2.36. The van der Waals surface area contributed by atoms with Crippen molar-refractivity contribution in [1.29, 1.82) is 0 Å². The summed E-state index contributed by atoms with van der Waals surface area (Å²) >= 11 is 5.85. The van der Waals surface area contributed by atoms with Crippen LogP contribution in [0.3, 0.4) is 0 Å². The zero-order valence-corrected chi connectivity index (χ0v) is 16.1. The van der Waals surface area contributed by atoms with Crippen LogP contribution in [-0.4, -0.2) is 28.3 Å². The summed E-state index contributed by atoms with van der Waals surface area (Å²) in [6, 6.07) is 17.6. The number of nitrogens with zero attached hydrogens (tertiary/aromatic N) is 2. The fraction of sp³-hybridized carbons (Fsp3) is 0.0476. The van der Waals surface area contributed by atoms with Crippen molar-refractivity contribution >= 4 is 34.8 Å². The van der Waals surface area contributed by atoms with Crippen LogP contribution in [0.4, 0.5) is 11.4 Å². The molecule has 1 aliphatic heterocycles. The van der Waals surface area contributed by atoms with E-state index in [9.17, 15) is 19.7 Å². The van der Waals surface area contributed by atoms with E-state index in [-0.39, 0.29) is 23.5 Å². The van der Waals surface area contributed by atoms with Gasteiger partial charge in [-0.25, -0.2) is 0 Å². The number of amides is 2. The van der Waals surface area contributed by atoms with Crippen molar-refractivity contribution in [2.45, 2.75) is 0 Å². The summed E-state index contributed by atoms with van der Waals surface area (Å²) in [5.74, 6) is 0.171. The molecule has 2 amide bonds. The number of halogens is 1. The number of non-ortho nitro benzene ring substituents is 1. The average molecular weight is 424 g/mol. The molecule has 1 N–H and O–H groups in total. The largest absolute Gasteiger partial charge is 0.457 e. The molecule has 1 heterocycles. The molecule has 0 saturated heterocycles. The van der Waals surface area contributed by atoms with E-state index >= 15 is 0 Å². The number of carbonyl (C=O) groups excluding carboxylic acids is 2. The Morgan fingerprint density at radius 3 is 2.13 bits per heavy atom. The van der Waals surface area contributed by atoms with Gasteiger partial charge < -0.3 is 10.1 Å². The molecule has 0 aliphatic carbocycles. The Hall–Kier alpha value is -3.91. The van der Waals surface area contributed by atoms with Gasteiger partial charge in [-0.05, 0) is 54.6 Å². The number of nitro benzene ring substituents is 1. The molecule has 0 radical (unpaired) electrons. The van der Waals surface area contributed by atoms with Crippen LogP contribution >= 0.6 is 11.6 Å². The Balaban J connectivity index is 1.41. The normalized spacial score (nSPS) is 12.6. The topological polar surface area (TPSA) is 102 Å². The standard InChI is InChI=1S/C21H14ClN3O5/c22-13-1-6-16(7-2-13)30-17-8-3-14(4-9-17)23-12-24-20(26)18-10-5-15(25(28)29)11-19(18)21(24)27/h1-11,23H,12H2. The summed E-state index contributed by atoms with van der Waals surface area (Å²) in [5, 5.41) is 14.5. The van der Waals surface area contributed by atoms with Crippen LogP contribution in [0, 0.1) is 10.1 Å². The lowest BCUT2D eigenvalue weighted by Crippen LogP contribution is -2.34. The van der Waals surface area contributed by atoms with Crippen molar-refractivity contribution in [3.05, 3.63) is 93.0 Å². The van der Waals surface area contributed by atoms with Gasteiger partial charge in [0, 0.05) is 22.8 Å². The number of imide groups is 1. The molecule has 0 atom stereocenters. The Bertz CT molecular complexity index is 1150. The molecule has 8 nitrogen and oxygen atoms in total. The van der Waals surface area contributed by atoms with Gasteiger partial charge >= 0.3 is 0 Å². The summed E-state index contributed by atoms with van der Waals surface area (Å²) in [6.07, 6.45) is 0. The third-order valence-corrected chi connectivity index (χ3v) is 4.76. The van der Waals surface area contributed by atoms with Gasteiger partial charge in [0.15, 0.2) is 0 Å². The number of hydrogen-bond acceptors (Lipinski definition) is 6. The molecular formula is C21H14ClN3O5. The van der Waals surface area contributed by atoms with Gasteiger partial charge in [-0.2, -0.15) is 0 Å². The molecule has 3 aromatic carbocycles. The van der Waals surface area contributed by atoms with Crippen LogP contribution in [0.15, 0.2) is 66.7 Å². The molecule has 4 rings (SSSR count). The number of benzene rings is 3. The van der Waals surface area contributed by atoms with E-state index in [1.807, 2.05) is 0 Å². The van der Waals surface area contributed by atoms with Crippen LogP contribution in [0.5, 0.6) is 11.5 Å². The highest BCUT2D eigenvalue weighted by atomic mass is 35.5. The SMILES string of the molecule is O=C1c2ccc([N+](=O)[O-])cc2C(=O)N1CNc1ccc(Oc2ccc(Cl)cc2)cc1. The lowest BCUT2D eigenvalue weighted by molar-refractivity contribution is -0.384. The number of carbonyl (C=O) groups is 2. The monoisotopic (exact) mass is 423 g/mol. The van der Waals surface area contributed by atoms with Crippen LogP contribution < -0.4 is 10.1 Å². The summed E-state index contributed by atoms with van der Waals surface area (Å²) in [5.41, 5.74) is 0.615. The van der Waals surface area contributed by atoms with E-state index in [2.05, 4.69) is 5.32 Å². The summed E-state index contributed by atoms with van der Waals surface area (Å²) < 4.78 is 5.71. The number of hydrogen-bond donors (Lipinski definition) is 1. The van der Waals surface area contributed by atoms with Crippen molar-refractivity contribution in [1.82, 2.24) is 4.90 Å². The van der Waals surface area contributed by atoms with E-state index in [4.69, 9.17) is 16.3 Å². The van der Waals surface area contributed by atoms with Crippen LogP contribution in [0.25, 0.3) is 0 Å². The molecule has 150 valence electrons. The predicted octanol–water partition coefficient (Wildman–Crippen LogP) is 4.71. The number of ether oxygens (including phenoxy) is 1. The molecule has 0 unspecified atom stereocenters. The number of fused-ring (bicyclic) bond motifs is 1. The quantitative estimate of drug-likeness (QED) is 0.350. The number of nitro groups is 1. The van der Waals surface area contributed by atoms with E-state index in [1.54, 1.807) is 48.5 Å². The molecule has 0 fully saturated rings. The van der Waals surface area contributed by atoms with Gasteiger partial charge in [-0.3, -0.25) is 24.6 Å². The zero-order valence-electron chi connectivity index (χ0n) is 15.4. The molecule has 30 heavy (non-hydrogen) atoms. The Kier molecular flexibility index (Phi) is 5.07. The van der Waals surface area contributed by atoms with Crippen molar-refractivity contribution < 1.29 is 19.2 Å². The van der Waals surface area contributed by atoms with Gasteiger partial charge in [-0.15, -0.1) is 0 Å². The second-order valence-corrected chi connectivity index (χ2v) is 6.88. The van der Waals surface area contributed by atoms with Crippen molar-refractivity contribution in [3.63, 3.8) is 0 Å². The summed E-state index contributed by atoms with van der Waals surface area (Å²) in [7, 11) is 0. The second kappa shape index (κ2) is 7.84. The minimum absolute atomic E-state index is 0.0303. The summed E-state index contributed by atoms with van der Waals surface area (Å²) in [4.78, 5) is 36.3. The summed E-state index contributed by atoms with van der Waals surface area (Å²) in [6.45, 7) is -0.0719. The number of anilines is 1. The first-order valence-corrected chi connectivity index (χ1v) is 9.22. The minimum Gasteiger partial charge on any atom is -0.457 e. The molecular weight excluding hydrogens is 410 g/mol. The molecule has 0 saturated carbocycles.